The highest BCUT2D eigenvalue weighted by Gasteiger charge is 2.50. The molecule has 0 N–H and O–H groups in total. The maximum Gasteiger partial charge on any atom is 0.261 e. The number of ether oxygens (including phenoxy) is 2. The number of rotatable bonds is 17. The molecule has 0 bridgehead atoms. The second-order valence-electron chi connectivity index (χ2n) is 18.3. The van der Waals surface area contributed by atoms with Crippen molar-refractivity contribution in [1.29, 1.82) is 0 Å². The van der Waals surface area contributed by atoms with Gasteiger partial charge in [-0.1, -0.05) is 226 Å². The first-order valence-electron chi connectivity index (χ1n) is 21.9. The van der Waals surface area contributed by atoms with Crippen molar-refractivity contribution < 1.29 is 18.3 Å². The van der Waals surface area contributed by atoms with Gasteiger partial charge in [0.1, 0.15) is 5.60 Å². The molecule has 312 valence electrons. The van der Waals surface area contributed by atoms with E-state index >= 15 is 0 Å². The smallest absolute Gasteiger partial charge is 0.261 e. The summed E-state index contributed by atoms with van der Waals surface area (Å²) in [5.41, 5.74) is 5.24. The molecule has 0 unspecified atom stereocenters. The van der Waals surface area contributed by atoms with E-state index in [2.05, 4.69) is 220 Å². The largest absolute Gasteiger partial charge is 0.413 e. The van der Waals surface area contributed by atoms with Gasteiger partial charge < -0.3 is 18.3 Å². The molecule has 0 amide bonds. The van der Waals surface area contributed by atoms with Crippen LogP contribution in [0.5, 0.6) is 0 Å². The van der Waals surface area contributed by atoms with Crippen LogP contribution < -0.4 is 10.4 Å². The van der Waals surface area contributed by atoms with Crippen LogP contribution >= 0.6 is 0 Å². The molecule has 1 heterocycles. The normalized spacial score (nSPS) is 17.6. The Kier molecular flexibility index (Phi) is 14.9. The summed E-state index contributed by atoms with van der Waals surface area (Å²) in [6.45, 7) is 22.7. The first-order chi connectivity index (χ1) is 28.3. The number of hydrogen-bond acceptors (Lipinski definition) is 4. The second-order valence-corrected chi connectivity index (χ2v) is 28.1. The quantitative estimate of drug-likeness (QED) is 0.0532. The molecule has 0 aliphatic carbocycles. The molecular weight excluding hydrogens is 757 g/mol. The minimum Gasteiger partial charge on any atom is -0.413 e. The molecule has 5 aromatic rings. The van der Waals surface area contributed by atoms with Gasteiger partial charge in [0.15, 0.2) is 8.32 Å². The van der Waals surface area contributed by atoms with Gasteiger partial charge in [-0.05, 0) is 61.6 Å². The monoisotopic (exact) mass is 824 g/mol. The molecule has 0 radical (unpaired) electrons. The maximum atomic E-state index is 7.40. The van der Waals surface area contributed by atoms with E-state index in [4.69, 9.17) is 18.3 Å². The predicted molar refractivity (Wildman–Crippen MR) is 252 cm³/mol. The third-order valence-corrected chi connectivity index (χ3v) is 23.8. The van der Waals surface area contributed by atoms with Crippen LogP contribution in [0.4, 0.5) is 0 Å². The molecule has 6 rings (SSSR count). The van der Waals surface area contributed by atoms with Crippen molar-refractivity contribution in [1.82, 2.24) is 0 Å². The zero-order valence-electron chi connectivity index (χ0n) is 37.1. The Balaban J connectivity index is 1.36. The number of hydrogen-bond donors (Lipinski definition) is 0. The Morgan fingerprint density at radius 1 is 0.542 bits per heavy atom. The summed E-state index contributed by atoms with van der Waals surface area (Å²) in [5.74, 6) is 0. The highest BCUT2D eigenvalue weighted by Crippen LogP contribution is 2.44. The van der Waals surface area contributed by atoms with Crippen LogP contribution in [0, 0.1) is 0 Å². The minimum absolute atomic E-state index is 0.0980. The summed E-state index contributed by atoms with van der Waals surface area (Å²) in [5, 5.41) is 2.47. The van der Waals surface area contributed by atoms with Crippen molar-refractivity contribution in [3.05, 3.63) is 180 Å². The molecule has 1 saturated heterocycles. The van der Waals surface area contributed by atoms with Crippen LogP contribution in [0.3, 0.4) is 0 Å². The Morgan fingerprint density at radius 2 is 0.915 bits per heavy atom. The average Bonchev–Trinajstić information content (AvgIpc) is 3.24. The van der Waals surface area contributed by atoms with E-state index in [0.717, 1.165) is 29.5 Å². The zero-order chi connectivity index (χ0) is 42.1. The van der Waals surface area contributed by atoms with Crippen LogP contribution in [0.2, 0.25) is 21.7 Å². The second kappa shape index (κ2) is 19.7. The lowest BCUT2D eigenvalue weighted by atomic mass is 9.80. The molecule has 1 fully saturated rings. The van der Waals surface area contributed by atoms with Crippen molar-refractivity contribution in [2.45, 2.75) is 115 Å². The van der Waals surface area contributed by atoms with E-state index in [1.165, 1.54) is 15.9 Å². The molecular formula is C53H68O4Si2. The summed E-state index contributed by atoms with van der Waals surface area (Å²) in [7, 11) is -4.85. The summed E-state index contributed by atoms with van der Waals surface area (Å²) >= 11 is 0. The first kappa shape index (κ1) is 44.7. The first-order valence-corrected chi connectivity index (χ1v) is 25.9. The fourth-order valence-electron chi connectivity index (χ4n) is 10.2. The van der Waals surface area contributed by atoms with E-state index in [1.54, 1.807) is 0 Å². The lowest BCUT2D eigenvalue weighted by Crippen LogP contribution is -2.66. The average molecular weight is 825 g/mol. The summed E-state index contributed by atoms with van der Waals surface area (Å²) in [6.07, 6.45) is 3.65. The number of benzene rings is 5. The van der Waals surface area contributed by atoms with E-state index in [0.29, 0.717) is 36.4 Å². The Bertz CT molecular complexity index is 1870. The highest BCUT2D eigenvalue weighted by atomic mass is 28.4. The standard InChI is InChI=1S/C53H68O4Si2/c1-41(2)58(42(3)4,43(5)6)56-40-49-38-44(35-36-55-59(52(7,8)9,50-31-21-13-22-32-50)51-33-23-14-24-34-51)37-48(57-49)39-54-53(45-25-15-10-16-26-45,46-27-17-11-18-28-46)47-29-19-12-20-30-47/h10-35,41-43,48-49H,36-40H2,1-9H3/b44-35-/t48-,49+/m0/s1. The summed E-state index contributed by atoms with van der Waals surface area (Å²) in [4.78, 5) is 0. The molecule has 0 aromatic heterocycles. The molecule has 0 spiro atoms. The van der Waals surface area contributed by atoms with Crippen LogP contribution in [0.1, 0.15) is 91.8 Å². The van der Waals surface area contributed by atoms with Gasteiger partial charge in [0.25, 0.3) is 8.32 Å². The molecule has 6 heteroatoms. The molecule has 1 aliphatic heterocycles. The van der Waals surface area contributed by atoms with E-state index < -0.39 is 22.2 Å². The van der Waals surface area contributed by atoms with Crippen molar-refractivity contribution in [2.75, 3.05) is 19.8 Å². The van der Waals surface area contributed by atoms with Crippen LogP contribution in [-0.4, -0.2) is 48.7 Å². The molecule has 4 nitrogen and oxygen atoms in total. The van der Waals surface area contributed by atoms with Gasteiger partial charge in [-0.25, -0.2) is 0 Å². The molecule has 5 aromatic carbocycles. The molecule has 59 heavy (non-hydrogen) atoms. The van der Waals surface area contributed by atoms with E-state index in [9.17, 15) is 0 Å². The third kappa shape index (κ3) is 9.54. The Morgan fingerprint density at radius 3 is 1.29 bits per heavy atom. The van der Waals surface area contributed by atoms with Crippen molar-refractivity contribution in [2.24, 2.45) is 0 Å². The van der Waals surface area contributed by atoms with E-state index in [1.807, 2.05) is 0 Å². The van der Waals surface area contributed by atoms with Crippen molar-refractivity contribution in [3.8, 4) is 0 Å². The molecule has 2 atom stereocenters. The Labute approximate surface area is 358 Å². The van der Waals surface area contributed by atoms with Gasteiger partial charge in [-0.15, -0.1) is 0 Å². The predicted octanol–water partition coefficient (Wildman–Crippen LogP) is 12.2. The van der Waals surface area contributed by atoms with Gasteiger partial charge in [0, 0.05) is 0 Å². The topological polar surface area (TPSA) is 36.9 Å². The van der Waals surface area contributed by atoms with Gasteiger partial charge in [0.05, 0.1) is 32.0 Å². The zero-order valence-corrected chi connectivity index (χ0v) is 39.1. The van der Waals surface area contributed by atoms with Gasteiger partial charge in [-0.2, -0.15) is 0 Å². The van der Waals surface area contributed by atoms with Crippen molar-refractivity contribution >= 4 is 27.0 Å². The molecule has 0 saturated carbocycles. The van der Waals surface area contributed by atoms with Crippen LogP contribution in [-0.2, 0) is 23.9 Å². The third-order valence-electron chi connectivity index (χ3n) is 12.7. The SMILES string of the molecule is CC(C)[Si](OC[C@H]1C/C(=C\CO[Si](c2ccccc2)(c2ccccc2)C(C)(C)C)C[C@@H](COC(c2ccccc2)(c2ccccc2)c2ccccc2)O1)(C(C)C)C(C)C. The summed E-state index contributed by atoms with van der Waals surface area (Å²) < 4.78 is 29.1. The summed E-state index contributed by atoms with van der Waals surface area (Å²) in [6, 6.07) is 53.8. The lowest BCUT2D eigenvalue weighted by Gasteiger charge is -2.44. The highest BCUT2D eigenvalue weighted by molar-refractivity contribution is 6.99. The maximum absolute atomic E-state index is 7.40. The van der Waals surface area contributed by atoms with Gasteiger partial charge in [0.2, 0.25) is 0 Å². The van der Waals surface area contributed by atoms with Gasteiger partial charge >= 0.3 is 0 Å². The molecule has 1 aliphatic rings. The lowest BCUT2D eigenvalue weighted by molar-refractivity contribution is -0.110. The van der Waals surface area contributed by atoms with Crippen LogP contribution in [0.25, 0.3) is 0 Å². The fourth-order valence-corrected chi connectivity index (χ4v) is 20.1. The van der Waals surface area contributed by atoms with Gasteiger partial charge in [-0.3, -0.25) is 0 Å². The minimum atomic E-state index is -2.72. The van der Waals surface area contributed by atoms with Crippen LogP contribution in [0.15, 0.2) is 163 Å². The fraction of sp³-hybridized carbons (Fsp3) is 0.396. The van der Waals surface area contributed by atoms with Crippen molar-refractivity contribution in [3.63, 3.8) is 0 Å². The Hall–Kier alpha value is -3.89. The van der Waals surface area contributed by atoms with E-state index in [-0.39, 0.29) is 17.2 Å².